The van der Waals surface area contributed by atoms with E-state index in [1.807, 2.05) is 30.3 Å². The third-order valence-electron chi connectivity index (χ3n) is 8.82. The molecular formula is C30H33NO8. The summed E-state index contributed by atoms with van der Waals surface area (Å²) < 4.78 is 17.1. The average Bonchev–Trinajstić information content (AvgIpc) is 3.18. The fourth-order valence-electron chi connectivity index (χ4n) is 6.96. The highest BCUT2D eigenvalue weighted by molar-refractivity contribution is 6.14. The number of aliphatic hydroxyl groups is 1. The number of rotatable bonds is 6. The van der Waals surface area contributed by atoms with Crippen molar-refractivity contribution in [3.05, 3.63) is 70.1 Å². The quantitative estimate of drug-likeness (QED) is 0.417. The number of benzene rings is 1. The van der Waals surface area contributed by atoms with Crippen molar-refractivity contribution in [1.29, 1.82) is 0 Å². The van der Waals surface area contributed by atoms with Crippen LogP contribution in [0.25, 0.3) is 0 Å². The summed E-state index contributed by atoms with van der Waals surface area (Å²) >= 11 is 0. The van der Waals surface area contributed by atoms with Crippen LogP contribution in [0.5, 0.6) is 0 Å². The number of aliphatic hydroxyl groups excluding tert-OH is 1. The van der Waals surface area contributed by atoms with Crippen molar-refractivity contribution < 1.29 is 38.5 Å². The molecule has 1 saturated carbocycles. The lowest BCUT2D eigenvalue weighted by atomic mass is 9.53. The number of ketones is 2. The summed E-state index contributed by atoms with van der Waals surface area (Å²) in [4.78, 5) is 52.5. The second-order valence-corrected chi connectivity index (χ2v) is 11.1. The minimum absolute atomic E-state index is 0.00219. The molecule has 5 atom stereocenters. The molecule has 1 aromatic carbocycles. The zero-order chi connectivity index (χ0) is 28.1. The summed E-state index contributed by atoms with van der Waals surface area (Å²) in [5, 5.41) is 14.6. The van der Waals surface area contributed by atoms with Gasteiger partial charge in [-0.1, -0.05) is 37.3 Å². The Bertz CT molecular complexity index is 1340. The van der Waals surface area contributed by atoms with Gasteiger partial charge in [0.15, 0.2) is 5.76 Å². The molecule has 4 aliphatic rings. The molecule has 3 unspecified atom stereocenters. The maximum atomic E-state index is 13.9. The Labute approximate surface area is 226 Å². The van der Waals surface area contributed by atoms with E-state index in [0.717, 1.165) is 5.56 Å². The van der Waals surface area contributed by atoms with Crippen molar-refractivity contribution in [2.45, 2.75) is 58.8 Å². The first-order valence-electron chi connectivity index (χ1n) is 13.1. The highest BCUT2D eigenvalue weighted by Gasteiger charge is 2.64. The minimum atomic E-state index is -1.26. The van der Waals surface area contributed by atoms with Crippen LogP contribution in [0.2, 0.25) is 0 Å². The molecule has 2 N–H and O–H groups in total. The van der Waals surface area contributed by atoms with Gasteiger partial charge in [-0.3, -0.25) is 14.4 Å². The Morgan fingerprint density at radius 3 is 2.59 bits per heavy atom. The molecule has 39 heavy (non-hydrogen) atoms. The molecule has 1 aliphatic heterocycles. The summed E-state index contributed by atoms with van der Waals surface area (Å²) in [6.45, 7) is 5.22. The van der Waals surface area contributed by atoms with Gasteiger partial charge >= 0.3 is 11.9 Å². The first-order valence-corrected chi connectivity index (χ1v) is 13.1. The number of methoxy groups -OCH3 is 1. The monoisotopic (exact) mass is 535 g/mol. The highest BCUT2D eigenvalue weighted by Crippen LogP contribution is 2.62. The Morgan fingerprint density at radius 1 is 1.21 bits per heavy atom. The normalized spacial score (nSPS) is 33.0. The second-order valence-electron chi connectivity index (χ2n) is 11.1. The average molecular weight is 536 g/mol. The largest absolute Gasteiger partial charge is 0.504 e. The van der Waals surface area contributed by atoms with Gasteiger partial charge in [0.05, 0.1) is 17.6 Å². The number of ether oxygens (including phenoxy) is 3. The summed E-state index contributed by atoms with van der Waals surface area (Å²) in [5.41, 5.74) is -0.346. The Kier molecular flexibility index (Phi) is 6.74. The van der Waals surface area contributed by atoms with Gasteiger partial charge < -0.3 is 24.6 Å². The van der Waals surface area contributed by atoms with Gasteiger partial charge in [-0.05, 0) is 24.5 Å². The standard InChI is InChI=1S/C30H33NO8/c1-16(32)38-20-12-29(2)19(10-11-21(29)33)23-25(20)30(3)22(15-37-4)39-28(36)18(24(30)27(35)26(23)34)14-31-13-17-8-6-5-7-9-17/h5-9,14,19-20,22,31,35H,10-13,15H2,1-4H3/b18-14+/t19?,20?,22?,29-,30-/m0/s1. The summed E-state index contributed by atoms with van der Waals surface area (Å²) in [5.74, 6) is -2.95. The van der Waals surface area contributed by atoms with Crippen LogP contribution in [0.4, 0.5) is 0 Å². The SMILES string of the molecule is COCC1OC(=O)/C(=C/NCc2ccccc2)C2=C(O)C(=O)C3=C(C(OC(C)=O)C[C@]4(C)C(=O)CCC34)[C@]21C. The van der Waals surface area contributed by atoms with Gasteiger partial charge in [-0.15, -0.1) is 0 Å². The number of allylic oxidation sites excluding steroid dienone is 1. The maximum Gasteiger partial charge on any atom is 0.340 e. The third kappa shape index (κ3) is 4.11. The Hall–Kier alpha value is -3.72. The zero-order valence-electron chi connectivity index (χ0n) is 22.5. The van der Waals surface area contributed by atoms with E-state index >= 15 is 0 Å². The van der Waals surface area contributed by atoms with Crippen molar-refractivity contribution in [3.8, 4) is 0 Å². The van der Waals surface area contributed by atoms with Crippen LogP contribution in [0, 0.1) is 16.7 Å². The van der Waals surface area contributed by atoms with Crippen LogP contribution >= 0.6 is 0 Å². The van der Waals surface area contributed by atoms with Crippen LogP contribution < -0.4 is 5.32 Å². The van der Waals surface area contributed by atoms with Crippen LogP contribution in [0.1, 0.15) is 45.6 Å². The van der Waals surface area contributed by atoms with Crippen LogP contribution in [0.15, 0.2) is 64.6 Å². The molecule has 3 aliphatic carbocycles. The van der Waals surface area contributed by atoms with Crippen LogP contribution in [0.3, 0.4) is 0 Å². The molecule has 9 nitrogen and oxygen atoms in total. The number of carbonyl (C=O) groups is 4. The number of esters is 2. The van der Waals surface area contributed by atoms with E-state index in [9.17, 15) is 24.3 Å². The fourth-order valence-corrected chi connectivity index (χ4v) is 6.96. The Morgan fingerprint density at radius 2 is 1.92 bits per heavy atom. The number of cyclic esters (lactones) is 1. The van der Waals surface area contributed by atoms with E-state index in [4.69, 9.17) is 14.2 Å². The van der Waals surface area contributed by atoms with Crippen molar-refractivity contribution >= 4 is 23.5 Å². The van der Waals surface area contributed by atoms with E-state index in [2.05, 4.69) is 5.32 Å². The zero-order valence-corrected chi connectivity index (χ0v) is 22.5. The van der Waals surface area contributed by atoms with Crippen LogP contribution in [-0.2, 0) is 39.9 Å². The molecule has 0 spiro atoms. The van der Waals surface area contributed by atoms with Gasteiger partial charge in [0.2, 0.25) is 5.78 Å². The summed E-state index contributed by atoms with van der Waals surface area (Å²) in [6.07, 6.45) is 0.542. The fraction of sp³-hybridized carbons (Fsp3) is 0.467. The van der Waals surface area contributed by atoms with Crippen molar-refractivity contribution in [2.24, 2.45) is 16.7 Å². The predicted octanol–water partition coefficient (Wildman–Crippen LogP) is 3.25. The van der Waals surface area contributed by atoms with Crippen molar-refractivity contribution in [3.63, 3.8) is 0 Å². The minimum Gasteiger partial charge on any atom is -0.504 e. The van der Waals surface area contributed by atoms with Gasteiger partial charge in [0.1, 0.15) is 18.0 Å². The number of nitrogens with one attached hydrogen (secondary N) is 1. The third-order valence-corrected chi connectivity index (χ3v) is 8.82. The van der Waals surface area contributed by atoms with E-state index in [1.165, 1.54) is 20.2 Å². The molecule has 1 aromatic rings. The highest BCUT2D eigenvalue weighted by atomic mass is 16.6. The number of hydrogen-bond acceptors (Lipinski definition) is 9. The molecular weight excluding hydrogens is 502 g/mol. The molecule has 9 heteroatoms. The van der Waals surface area contributed by atoms with Gasteiger partial charge in [-0.25, -0.2) is 4.79 Å². The lowest BCUT2D eigenvalue weighted by molar-refractivity contribution is -0.160. The molecule has 1 saturated heterocycles. The second kappa shape index (κ2) is 9.79. The van der Waals surface area contributed by atoms with E-state index in [0.29, 0.717) is 18.5 Å². The smallest absolute Gasteiger partial charge is 0.340 e. The molecule has 0 radical (unpaired) electrons. The first-order chi connectivity index (χ1) is 18.5. The number of hydrogen-bond donors (Lipinski definition) is 2. The topological polar surface area (TPSA) is 128 Å². The van der Waals surface area contributed by atoms with E-state index in [-0.39, 0.29) is 42.0 Å². The number of fused-ring (bicyclic) bond motifs is 4. The lowest BCUT2D eigenvalue weighted by Crippen LogP contribution is -2.57. The van der Waals surface area contributed by atoms with Crippen LogP contribution in [-0.4, -0.2) is 54.5 Å². The molecule has 0 bridgehead atoms. The van der Waals surface area contributed by atoms with E-state index < -0.39 is 52.4 Å². The molecule has 5 rings (SSSR count). The lowest BCUT2D eigenvalue weighted by Gasteiger charge is -2.53. The molecule has 0 amide bonds. The summed E-state index contributed by atoms with van der Waals surface area (Å²) in [6, 6.07) is 9.54. The molecule has 206 valence electrons. The number of Topliss-reactive ketones (excluding diaryl/α,β-unsaturated/α-hetero) is 2. The Balaban J connectivity index is 1.68. The van der Waals surface area contributed by atoms with Gasteiger partial charge in [-0.2, -0.15) is 0 Å². The predicted molar refractivity (Wildman–Crippen MR) is 139 cm³/mol. The van der Waals surface area contributed by atoms with Crippen molar-refractivity contribution in [2.75, 3.05) is 13.7 Å². The van der Waals surface area contributed by atoms with Gasteiger partial charge in [0, 0.05) is 62.1 Å². The maximum absolute atomic E-state index is 13.9. The summed E-state index contributed by atoms with van der Waals surface area (Å²) in [7, 11) is 1.47. The molecule has 1 heterocycles. The molecule has 2 fully saturated rings. The first kappa shape index (κ1) is 26.9. The molecule has 0 aromatic heterocycles. The van der Waals surface area contributed by atoms with E-state index in [1.54, 1.807) is 13.8 Å². The van der Waals surface area contributed by atoms with Crippen molar-refractivity contribution in [1.82, 2.24) is 5.32 Å². The van der Waals surface area contributed by atoms with Gasteiger partial charge in [0.25, 0.3) is 0 Å². The number of carbonyl (C=O) groups excluding carboxylic acids is 4.